The van der Waals surface area contributed by atoms with E-state index in [1.807, 2.05) is 19.1 Å². The van der Waals surface area contributed by atoms with Crippen LogP contribution < -0.4 is 9.47 Å². The zero-order valence-corrected chi connectivity index (χ0v) is 26.7. The van der Waals surface area contributed by atoms with E-state index in [2.05, 4.69) is 13.8 Å². The smallest absolute Gasteiger partial charge is 0.338 e. The Hall–Kier alpha value is -3.67. The second kappa shape index (κ2) is 19.6. The standard InChI is InChI=1S/C38H49FO5/c1-4-6-8-10-11-12-14-16-37(40)44-34-24-21-31(22-25-34)33-23-26-36(35(39)27-33)42-28-30-17-19-32(20-18-30)38(41)43-29(3)15-13-9-7-5-2/h17,19-29H,4-16,18H2,1-3H3. The summed E-state index contributed by atoms with van der Waals surface area (Å²) in [5.74, 6) is -0.443. The van der Waals surface area contributed by atoms with Gasteiger partial charge in [-0.15, -0.1) is 0 Å². The van der Waals surface area contributed by atoms with Crippen LogP contribution in [0.2, 0.25) is 0 Å². The van der Waals surface area contributed by atoms with Gasteiger partial charge in [-0.25, -0.2) is 9.18 Å². The highest BCUT2D eigenvalue weighted by atomic mass is 19.1. The normalized spacial score (nSPS) is 14.3. The average molecular weight is 605 g/mol. The summed E-state index contributed by atoms with van der Waals surface area (Å²) >= 11 is 0. The van der Waals surface area contributed by atoms with Gasteiger partial charge in [0.05, 0.1) is 17.9 Å². The van der Waals surface area contributed by atoms with Crippen molar-refractivity contribution in [3.8, 4) is 22.6 Å². The molecule has 2 aromatic rings. The molecule has 3 rings (SSSR count). The maximum atomic E-state index is 14.9. The quantitative estimate of drug-likeness (QED) is 0.0691. The Morgan fingerprint density at radius 3 is 2.16 bits per heavy atom. The maximum Gasteiger partial charge on any atom is 0.338 e. The Balaban J connectivity index is 1.43. The second-order valence-electron chi connectivity index (χ2n) is 11.6. The average Bonchev–Trinajstić information content (AvgIpc) is 3.02. The number of hydrogen-bond donors (Lipinski definition) is 0. The molecular weight excluding hydrogens is 555 g/mol. The molecule has 0 saturated heterocycles. The highest BCUT2D eigenvalue weighted by molar-refractivity contribution is 5.92. The second-order valence-corrected chi connectivity index (χ2v) is 11.6. The van der Waals surface area contributed by atoms with Crippen molar-refractivity contribution >= 4 is 11.9 Å². The Kier molecular flexibility index (Phi) is 15.5. The van der Waals surface area contributed by atoms with Gasteiger partial charge in [0.25, 0.3) is 0 Å². The van der Waals surface area contributed by atoms with Crippen molar-refractivity contribution in [3.05, 3.63) is 83.9 Å². The molecule has 0 N–H and O–H groups in total. The van der Waals surface area contributed by atoms with Gasteiger partial charge < -0.3 is 14.2 Å². The Bertz CT molecular complexity index is 1270. The van der Waals surface area contributed by atoms with Crippen LogP contribution in [0.1, 0.15) is 111 Å². The van der Waals surface area contributed by atoms with Crippen molar-refractivity contribution in [1.29, 1.82) is 0 Å². The fourth-order valence-electron chi connectivity index (χ4n) is 5.01. The summed E-state index contributed by atoms with van der Waals surface area (Å²) in [6.45, 7) is 6.31. The van der Waals surface area contributed by atoms with Crippen LogP contribution in [-0.4, -0.2) is 18.0 Å². The van der Waals surface area contributed by atoms with Gasteiger partial charge in [-0.3, -0.25) is 4.79 Å². The highest BCUT2D eigenvalue weighted by Crippen LogP contribution is 2.28. The molecule has 0 spiro atoms. The minimum atomic E-state index is -0.489. The molecule has 238 valence electrons. The lowest BCUT2D eigenvalue weighted by Crippen LogP contribution is -2.16. The zero-order chi connectivity index (χ0) is 31.6. The lowest BCUT2D eigenvalue weighted by atomic mass is 10.0. The van der Waals surface area contributed by atoms with Gasteiger partial charge in [0.1, 0.15) is 5.75 Å². The van der Waals surface area contributed by atoms with Crippen molar-refractivity contribution < 1.29 is 28.2 Å². The molecule has 2 aromatic carbocycles. The molecule has 0 aliphatic heterocycles. The summed E-state index contributed by atoms with van der Waals surface area (Å²) in [4.78, 5) is 24.6. The van der Waals surface area contributed by atoms with Crippen LogP contribution in [0.25, 0.3) is 11.1 Å². The van der Waals surface area contributed by atoms with E-state index in [0.717, 1.165) is 49.7 Å². The number of carbonyl (C=O) groups is 2. The summed E-state index contributed by atoms with van der Waals surface area (Å²) in [6.07, 6.45) is 21.1. The molecule has 0 aromatic heterocycles. The van der Waals surface area contributed by atoms with Crippen molar-refractivity contribution in [3.63, 3.8) is 0 Å². The Morgan fingerprint density at radius 1 is 0.841 bits per heavy atom. The first-order valence-electron chi connectivity index (χ1n) is 16.4. The summed E-state index contributed by atoms with van der Waals surface area (Å²) in [5.41, 5.74) is 2.82. The summed E-state index contributed by atoms with van der Waals surface area (Å²) in [6, 6.07) is 11.9. The van der Waals surface area contributed by atoms with Gasteiger partial charge in [0, 0.05) is 6.42 Å². The molecule has 1 unspecified atom stereocenters. The van der Waals surface area contributed by atoms with Gasteiger partial charge >= 0.3 is 11.9 Å². The number of ether oxygens (including phenoxy) is 3. The molecule has 0 radical (unpaired) electrons. The molecule has 5 nitrogen and oxygen atoms in total. The molecule has 0 bridgehead atoms. The number of unbranched alkanes of at least 4 members (excludes halogenated alkanes) is 9. The van der Waals surface area contributed by atoms with Crippen LogP contribution in [-0.2, 0) is 14.3 Å². The molecule has 1 aliphatic rings. The third-order valence-corrected chi connectivity index (χ3v) is 7.72. The maximum absolute atomic E-state index is 14.9. The Morgan fingerprint density at radius 2 is 1.50 bits per heavy atom. The number of carbonyl (C=O) groups excluding carboxylic acids is 2. The highest BCUT2D eigenvalue weighted by Gasteiger charge is 2.15. The largest absolute Gasteiger partial charge is 0.462 e. The third kappa shape index (κ3) is 12.5. The van der Waals surface area contributed by atoms with Crippen LogP contribution in [0, 0.1) is 5.82 Å². The first-order valence-corrected chi connectivity index (χ1v) is 16.4. The third-order valence-electron chi connectivity index (χ3n) is 7.72. The monoisotopic (exact) mass is 604 g/mol. The molecule has 0 saturated carbocycles. The molecule has 6 heteroatoms. The molecule has 44 heavy (non-hydrogen) atoms. The van der Waals surface area contributed by atoms with Gasteiger partial charge in [0.2, 0.25) is 0 Å². The predicted octanol–water partition coefficient (Wildman–Crippen LogP) is 10.6. The number of hydrogen-bond acceptors (Lipinski definition) is 5. The lowest BCUT2D eigenvalue weighted by Gasteiger charge is -2.15. The molecule has 0 amide bonds. The van der Waals surface area contributed by atoms with Crippen molar-refractivity contribution in [2.45, 2.75) is 117 Å². The van der Waals surface area contributed by atoms with Crippen LogP contribution in [0.15, 0.2) is 78.1 Å². The topological polar surface area (TPSA) is 61.8 Å². The van der Waals surface area contributed by atoms with E-state index in [1.165, 1.54) is 50.9 Å². The van der Waals surface area contributed by atoms with E-state index in [1.54, 1.807) is 42.5 Å². The van der Waals surface area contributed by atoms with E-state index in [0.29, 0.717) is 29.7 Å². The van der Waals surface area contributed by atoms with E-state index in [9.17, 15) is 14.0 Å². The van der Waals surface area contributed by atoms with Gasteiger partial charge in [-0.2, -0.15) is 0 Å². The molecular formula is C38H49FO5. The van der Waals surface area contributed by atoms with Crippen LogP contribution in [0.4, 0.5) is 4.39 Å². The summed E-state index contributed by atoms with van der Waals surface area (Å²) in [5, 5.41) is 0. The predicted molar refractivity (Wildman–Crippen MR) is 175 cm³/mol. The number of allylic oxidation sites excluding steroid dienone is 3. The van der Waals surface area contributed by atoms with Gasteiger partial charge in [-0.1, -0.05) is 102 Å². The minimum absolute atomic E-state index is 0.108. The van der Waals surface area contributed by atoms with Crippen molar-refractivity contribution in [2.24, 2.45) is 0 Å². The summed E-state index contributed by atoms with van der Waals surface area (Å²) in [7, 11) is 0. The minimum Gasteiger partial charge on any atom is -0.462 e. The van der Waals surface area contributed by atoms with Crippen molar-refractivity contribution in [1.82, 2.24) is 0 Å². The number of halogens is 1. The molecule has 1 atom stereocenters. The van der Waals surface area contributed by atoms with Crippen LogP contribution >= 0.6 is 0 Å². The van der Waals surface area contributed by atoms with E-state index in [-0.39, 0.29) is 23.8 Å². The number of esters is 2. The van der Waals surface area contributed by atoms with Gasteiger partial charge in [-0.05, 0) is 79.6 Å². The molecule has 0 fully saturated rings. The number of benzene rings is 2. The molecule has 0 heterocycles. The summed E-state index contributed by atoms with van der Waals surface area (Å²) < 4.78 is 31.5. The molecule has 1 aliphatic carbocycles. The van der Waals surface area contributed by atoms with Crippen LogP contribution in [0.5, 0.6) is 11.5 Å². The van der Waals surface area contributed by atoms with E-state index < -0.39 is 5.82 Å². The fraction of sp³-hybridized carbons (Fsp3) is 0.474. The fourth-order valence-corrected chi connectivity index (χ4v) is 5.01. The van der Waals surface area contributed by atoms with E-state index in [4.69, 9.17) is 14.2 Å². The first-order chi connectivity index (χ1) is 21.4. The lowest BCUT2D eigenvalue weighted by molar-refractivity contribution is -0.143. The van der Waals surface area contributed by atoms with E-state index >= 15 is 0 Å². The zero-order valence-electron chi connectivity index (χ0n) is 26.7. The first kappa shape index (κ1) is 34.8. The SMILES string of the molecule is CCCCCCCCCC(=O)Oc1ccc(-c2ccc(OC=C3C=CC(C(=O)OC(C)CCCCCC)=CC3)c(F)c2)cc1. The van der Waals surface area contributed by atoms with Crippen molar-refractivity contribution in [2.75, 3.05) is 0 Å². The van der Waals surface area contributed by atoms with Gasteiger partial charge in [0.15, 0.2) is 11.6 Å². The van der Waals surface area contributed by atoms with Crippen LogP contribution in [0.3, 0.4) is 0 Å². The number of rotatable bonds is 19. The Labute approximate surface area is 263 Å².